The summed E-state index contributed by atoms with van der Waals surface area (Å²) in [7, 11) is -2.27. The van der Waals surface area contributed by atoms with Gasteiger partial charge in [0.05, 0.1) is 17.3 Å². The normalized spacial score (nSPS) is 19.2. The van der Waals surface area contributed by atoms with Crippen LogP contribution in [0.5, 0.6) is 5.88 Å². The molecule has 9 heteroatoms. The minimum absolute atomic E-state index is 0.0323. The number of nitrogens with one attached hydrogen (secondary N) is 1. The molecule has 0 radical (unpaired) electrons. The van der Waals surface area contributed by atoms with Crippen molar-refractivity contribution in [3.63, 3.8) is 0 Å². The summed E-state index contributed by atoms with van der Waals surface area (Å²) in [4.78, 5) is 13.2. The Hall–Kier alpha value is -2.78. The average Bonchev–Trinajstić information content (AvgIpc) is 2.70. The third-order valence-electron chi connectivity index (χ3n) is 5.19. The van der Waals surface area contributed by atoms with E-state index in [1.165, 1.54) is 6.33 Å². The van der Waals surface area contributed by atoms with Crippen LogP contribution in [-0.4, -0.2) is 49.0 Å². The largest absolute Gasteiger partial charge is 0.473 e. The number of ether oxygens (including phenoxy) is 1. The van der Waals surface area contributed by atoms with Crippen LogP contribution in [0, 0.1) is 6.92 Å². The summed E-state index contributed by atoms with van der Waals surface area (Å²) in [5.74, 6) is 1.15. The highest BCUT2D eigenvalue weighted by Crippen LogP contribution is 2.33. The van der Waals surface area contributed by atoms with E-state index in [9.17, 15) is 9.32 Å². The zero-order valence-electron chi connectivity index (χ0n) is 17.9. The molecule has 164 valence electrons. The molecular weight excluding hydrogens is 414 g/mol. The standard InChI is InChI=1S/C22H27N5O3S/c1-14-11-15(27-31(2,3)29)12-19-20(14)21(25-13-24-19)26-18-5-4-10-23-22(18)30-17-8-6-16(28)7-9-17/h4-5,10-13,16-17,28H,6-9H2,1-3H3,(H,24,25,26)/t16-,17-. The predicted octanol–water partition coefficient (Wildman–Crippen LogP) is 4.12. The Balaban J connectivity index is 1.66. The van der Waals surface area contributed by atoms with Gasteiger partial charge in [-0.05, 0) is 62.4 Å². The summed E-state index contributed by atoms with van der Waals surface area (Å²) in [6.45, 7) is 1.96. The molecule has 2 aromatic heterocycles. The minimum Gasteiger partial charge on any atom is -0.473 e. The number of hydrogen-bond acceptors (Lipinski definition) is 8. The van der Waals surface area contributed by atoms with Crippen molar-refractivity contribution in [1.29, 1.82) is 0 Å². The lowest BCUT2D eigenvalue weighted by Gasteiger charge is -2.26. The lowest BCUT2D eigenvalue weighted by Crippen LogP contribution is -2.27. The molecule has 0 unspecified atom stereocenters. The zero-order chi connectivity index (χ0) is 22.0. The van der Waals surface area contributed by atoms with Crippen molar-refractivity contribution in [3.05, 3.63) is 42.4 Å². The summed E-state index contributed by atoms with van der Waals surface area (Å²) in [6, 6.07) is 7.44. The summed E-state index contributed by atoms with van der Waals surface area (Å²) in [6.07, 6.45) is 9.29. The maximum atomic E-state index is 12.1. The Labute approximate surface area is 182 Å². The third kappa shape index (κ3) is 5.29. The molecular formula is C22H27N5O3S. The second kappa shape index (κ2) is 8.76. The third-order valence-corrected chi connectivity index (χ3v) is 5.84. The van der Waals surface area contributed by atoms with Crippen LogP contribution in [0.1, 0.15) is 31.2 Å². The van der Waals surface area contributed by atoms with E-state index in [2.05, 4.69) is 24.6 Å². The maximum absolute atomic E-state index is 12.1. The highest BCUT2D eigenvalue weighted by atomic mass is 32.2. The van der Waals surface area contributed by atoms with Crippen LogP contribution < -0.4 is 10.1 Å². The van der Waals surface area contributed by atoms with E-state index in [1.807, 2.05) is 31.2 Å². The van der Waals surface area contributed by atoms with Gasteiger partial charge in [0.15, 0.2) is 0 Å². The highest BCUT2D eigenvalue weighted by Gasteiger charge is 2.22. The molecule has 1 aliphatic rings. The SMILES string of the molecule is Cc1cc(N=S(C)(C)=O)cc2ncnc(Nc3cccnc3O[C@H]3CC[C@H](O)CC3)c12. The van der Waals surface area contributed by atoms with Gasteiger partial charge in [-0.2, -0.15) is 4.36 Å². The average molecular weight is 442 g/mol. The summed E-state index contributed by atoms with van der Waals surface area (Å²) in [5, 5.41) is 13.9. The van der Waals surface area contributed by atoms with E-state index in [0.717, 1.165) is 36.6 Å². The van der Waals surface area contributed by atoms with Gasteiger partial charge in [-0.25, -0.2) is 19.2 Å². The van der Waals surface area contributed by atoms with Crippen LogP contribution in [0.15, 0.2) is 41.2 Å². The first-order chi connectivity index (χ1) is 14.8. The first-order valence-corrected chi connectivity index (χ1v) is 12.6. The van der Waals surface area contributed by atoms with Crippen LogP contribution in [-0.2, 0) is 9.73 Å². The molecule has 31 heavy (non-hydrogen) atoms. The molecule has 3 aromatic rings. The van der Waals surface area contributed by atoms with Gasteiger partial charge in [0.1, 0.15) is 23.9 Å². The maximum Gasteiger partial charge on any atom is 0.238 e. The molecule has 1 aliphatic carbocycles. The number of hydrogen-bond donors (Lipinski definition) is 2. The molecule has 1 aromatic carbocycles. The van der Waals surface area contributed by atoms with E-state index < -0.39 is 9.73 Å². The topological polar surface area (TPSA) is 110 Å². The Bertz CT molecular complexity index is 1210. The number of aryl methyl sites for hydroxylation is 1. The van der Waals surface area contributed by atoms with Gasteiger partial charge in [-0.1, -0.05) is 0 Å². The molecule has 4 rings (SSSR count). The molecule has 0 spiro atoms. The van der Waals surface area contributed by atoms with E-state index >= 15 is 0 Å². The van der Waals surface area contributed by atoms with Crippen LogP contribution in [0.2, 0.25) is 0 Å². The van der Waals surface area contributed by atoms with Gasteiger partial charge in [-0.15, -0.1) is 0 Å². The molecule has 8 nitrogen and oxygen atoms in total. The quantitative estimate of drug-likeness (QED) is 0.613. The lowest BCUT2D eigenvalue weighted by atomic mass is 9.95. The van der Waals surface area contributed by atoms with Gasteiger partial charge in [0.25, 0.3) is 0 Å². The van der Waals surface area contributed by atoms with E-state index in [-0.39, 0.29) is 12.2 Å². The molecule has 2 N–H and O–H groups in total. The number of aromatic nitrogens is 3. The van der Waals surface area contributed by atoms with Crippen molar-refractivity contribution in [2.24, 2.45) is 4.36 Å². The zero-order valence-corrected chi connectivity index (χ0v) is 18.7. The fourth-order valence-corrected chi connectivity index (χ4v) is 4.42. The molecule has 1 fully saturated rings. The van der Waals surface area contributed by atoms with Crippen LogP contribution in [0.4, 0.5) is 17.2 Å². The molecule has 0 aliphatic heterocycles. The molecule has 0 amide bonds. The van der Waals surface area contributed by atoms with Crippen LogP contribution >= 0.6 is 0 Å². The Morgan fingerprint density at radius 3 is 2.68 bits per heavy atom. The predicted molar refractivity (Wildman–Crippen MR) is 123 cm³/mol. The van der Waals surface area contributed by atoms with Gasteiger partial charge >= 0.3 is 0 Å². The van der Waals surface area contributed by atoms with Crippen molar-refractivity contribution in [3.8, 4) is 5.88 Å². The van der Waals surface area contributed by atoms with Gasteiger partial charge < -0.3 is 15.2 Å². The number of aliphatic hydroxyl groups excluding tert-OH is 1. The van der Waals surface area contributed by atoms with Crippen LogP contribution in [0.25, 0.3) is 10.9 Å². The van der Waals surface area contributed by atoms with Crippen molar-refractivity contribution < 1.29 is 14.1 Å². The fourth-order valence-electron chi connectivity index (χ4n) is 3.80. The Kier molecular flexibility index (Phi) is 6.06. The van der Waals surface area contributed by atoms with Crippen molar-refractivity contribution >= 4 is 37.8 Å². The van der Waals surface area contributed by atoms with Crippen molar-refractivity contribution in [2.75, 3.05) is 17.8 Å². The van der Waals surface area contributed by atoms with Crippen LogP contribution in [0.3, 0.4) is 0 Å². The van der Waals surface area contributed by atoms with Gasteiger partial charge in [0, 0.05) is 33.8 Å². The summed E-state index contributed by atoms with van der Waals surface area (Å²) in [5.41, 5.74) is 2.99. The number of benzene rings is 1. The summed E-state index contributed by atoms with van der Waals surface area (Å²) < 4.78 is 22.5. The fraction of sp³-hybridized carbons (Fsp3) is 0.409. The number of fused-ring (bicyclic) bond motifs is 1. The minimum atomic E-state index is -2.27. The number of pyridine rings is 1. The number of anilines is 2. The Morgan fingerprint density at radius 2 is 1.94 bits per heavy atom. The molecule has 0 saturated heterocycles. The molecule has 2 heterocycles. The number of rotatable bonds is 5. The van der Waals surface area contributed by atoms with Crippen molar-refractivity contribution in [2.45, 2.75) is 44.8 Å². The van der Waals surface area contributed by atoms with Crippen molar-refractivity contribution in [1.82, 2.24) is 15.0 Å². The molecule has 1 saturated carbocycles. The second-order valence-electron chi connectivity index (χ2n) is 8.18. The number of nitrogens with zero attached hydrogens (tertiary/aromatic N) is 4. The number of aliphatic hydroxyl groups is 1. The second-order valence-corrected chi connectivity index (χ2v) is 10.7. The summed E-state index contributed by atoms with van der Waals surface area (Å²) >= 11 is 0. The van der Waals surface area contributed by atoms with E-state index in [1.54, 1.807) is 18.7 Å². The van der Waals surface area contributed by atoms with E-state index in [0.29, 0.717) is 28.6 Å². The first kappa shape index (κ1) is 21.5. The van der Waals surface area contributed by atoms with Gasteiger partial charge in [0.2, 0.25) is 5.88 Å². The highest BCUT2D eigenvalue weighted by molar-refractivity contribution is 7.92. The van der Waals surface area contributed by atoms with Gasteiger partial charge in [-0.3, -0.25) is 0 Å². The Morgan fingerprint density at radius 1 is 1.16 bits per heavy atom. The smallest absolute Gasteiger partial charge is 0.238 e. The van der Waals surface area contributed by atoms with E-state index in [4.69, 9.17) is 4.74 Å². The monoisotopic (exact) mass is 441 g/mol. The molecule has 0 bridgehead atoms. The lowest BCUT2D eigenvalue weighted by molar-refractivity contribution is 0.0647. The first-order valence-electron chi connectivity index (χ1n) is 10.3. The molecule has 0 atom stereocenters.